The molecular formula is C20H21ClN2O3S. The van der Waals surface area contributed by atoms with Crippen LogP contribution in [0.2, 0.25) is 5.02 Å². The van der Waals surface area contributed by atoms with Crippen molar-refractivity contribution in [3.05, 3.63) is 57.9 Å². The fraction of sp³-hybridized carbons (Fsp3) is 0.300. The molecule has 0 N–H and O–H groups in total. The Morgan fingerprint density at radius 3 is 2.63 bits per heavy atom. The quantitative estimate of drug-likeness (QED) is 0.606. The van der Waals surface area contributed by atoms with Crippen LogP contribution in [0.3, 0.4) is 0 Å². The molecule has 3 rings (SSSR count). The van der Waals surface area contributed by atoms with Gasteiger partial charge in [0.1, 0.15) is 5.75 Å². The predicted molar refractivity (Wildman–Crippen MR) is 109 cm³/mol. The Bertz CT molecular complexity index is 1010. The Morgan fingerprint density at radius 2 is 1.96 bits per heavy atom. The van der Waals surface area contributed by atoms with Crippen LogP contribution in [0.5, 0.6) is 5.75 Å². The van der Waals surface area contributed by atoms with E-state index >= 15 is 0 Å². The first kappa shape index (κ1) is 19.6. The largest absolute Gasteiger partial charge is 0.491 e. The van der Waals surface area contributed by atoms with E-state index in [4.69, 9.17) is 21.1 Å². The number of methoxy groups -OCH3 is 1. The molecule has 1 heterocycles. The molecule has 0 aliphatic carbocycles. The molecule has 0 aliphatic rings. The number of fused-ring (bicyclic) bond motifs is 1. The number of halogens is 1. The molecule has 0 atom stereocenters. The molecule has 27 heavy (non-hydrogen) atoms. The zero-order valence-corrected chi connectivity index (χ0v) is 17.0. The SMILES string of the molecule is COCCn1c(=NC(=O)c2ccc(OC(C)C)cc2)sc2cc(Cl)ccc21. The highest BCUT2D eigenvalue weighted by atomic mass is 35.5. The van der Waals surface area contributed by atoms with E-state index in [1.54, 1.807) is 31.4 Å². The molecule has 0 spiro atoms. The number of carbonyl (C=O) groups is 1. The summed E-state index contributed by atoms with van der Waals surface area (Å²) < 4.78 is 13.8. The zero-order chi connectivity index (χ0) is 19.4. The number of ether oxygens (including phenoxy) is 2. The van der Waals surface area contributed by atoms with E-state index in [-0.39, 0.29) is 12.0 Å². The highest BCUT2D eigenvalue weighted by Crippen LogP contribution is 2.22. The Balaban J connectivity index is 1.97. The standard InChI is InChI=1S/C20H21ClN2O3S/c1-13(2)26-16-7-4-14(5-8-16)19(24)22-20-23(10-11-25-3)17-9-6-15(21)12-18(17)27-20/h4-9,12-13H,10-11H2,1-3H3. The predicted octanol–water partition coefficient (Wildman–Crippen LogP) is 4.53. The van der Waals surface area contributed by atoms with E-state index in [1.165, 1.54) is 11.3 Å². The van der Waals surface area contributed by atoms with Gasteiger partial charge in [0.15, 0.2) is 4.80 Å². The van der Waals surface area contributed by atoms with Crippen molar-refractivity contribution in [1.29, 1.82) is 0 Å². The van der Waals surface area contributed by atoms with Gasteiger partial charge in [-0.25, -0.2) is 0 Å². The number of carbonyl (C=O) groups excluding carboxylic acids is 1. The lowest BCUT2D eigenvalue weighted by Gasteiger charge is -2.09. The molecule has 0 saturated carbocycles. The third-order valence-electron chi connectivity index (χ3n) is 3.83. The van der Waals surface area contributed by atoms with Gasteiger partial charge < -0.3 is 14.0 Å². The van der Waals surface area contributed by atoms with E-state index in [2.05, 4.69) is 4.99 Å². The summed E-state index contributed by atoms with van der Waals surface area (Å²) in [5.41, 5.74) is 1.49. The summed E-state index contributed by atoms with van der Waals surface area (Å²) in [4.78, 5) is 17.6. The maximum Gasteiger partial charge on any atom is 0.279 e. The number of thiazole rings is 1. The summed E-state index contributed by atoms with van der Waals surface area (Å²) in [7, 11) is 1.65. The highest BCUT2D eigenvalue weighted by Gasteiger charge is 2.10. The van der Waals surface area contributed by atoms with Crippen LogP contribution in [0.15, 0.2) is 47.5 Å². The van der Waals surface area contributed by atoms with Crippen molar-refractivity contribution in [3.63, 3.8) is 0 Å². The van der Waals surface area contributed by atoms with Gasteiger partial charge in [-0.15, -0.1) is 0 Å². The van der Waals surface area contributed by atoms with Crippen LogP contribution < -0.4 is 9.54 Å². The molecule has 0 aliphatic heterocycles. The van der Waals surface area contributed by atoms with Crippen LogP contribution in [-0.4, -0.2) is 30.3 Å². The topological polar surface area (TPSA) is 52.8 Å². The molecule has 0 unspecified atom stereocenters. The molecular weight excluding hydrogens is 384 g/mol. The maximum atomic E-state index is 12.6. The van der Waals surface area contributed by atoms with Gasteiger partial charge in [0.2, 0.25) is 0 Å². The van der Waals surface area contributed by atoms with E-state index in [0.29, 0.717) is 28.5 Å². The van der Waals surface area contributed by atoms with Crippen molar-refractivity contribution in [3.8, 4) is 5.75 Å². The summed E-state index contributed by atoms with van der Waals surface area (Å²) >= 11 is 7.53. The molecule has 3 aromatic rings. The first-order chi connectivity index (χ1) is 13.0. The van der Waals surface area contributed by atoms with E-state index in [9.17, 15) is 4.79 Å². The van der Waals surface area contributed by atoms with Crippen molar-refractivity contribution >= 4 is 39.1 Å². The highest BCUT2D eigenvalue weighted by molar-refractivity contribution is 7.16. The van der Waals surface area contributed by atoms with E-state index in [0.717, 1.165) is 16.0 Å². The lowest BCUT2D eigenvalue weighted by atomic mass is 10.2. The average molecular weight is 405 g/mol. The van der Waals surface area contributed by atoms with Gasteiger partial charge in [0, 0.05) is 24.2 Å². The van der Waals surface area contributed by atoms with Gasteiger partial charge in [-0.1, -0.05) is 22.9 Å². The van der Waals surface area contributed by atoms with Gasteiger partial charge in [-0.05, 0) is 56.3 Å². The number of amides is 1. The van der Waals surface area contributed by atoms with Gasteiger partial charge in [-0.3, -0.25) is 4.79 Å². The summed E-state index contributed by atoms with van der Waals surface area (Å²) in [6.45, 7) is 5.05. The average Bonchev–Trinajstić information content (AvgIpc) is 2.96. The smallest absolute Gasteiger partial charge is 0.279 e. The van der Waals surface area contributed by atoms with Crippen molar-refractivity contribution in [1.82, 2.24) is 4.57 Å². The second-order valence-corrected chi connectivity index (χ2v) is 7.69. The Morgan fingerprint density at radius 1 is 1.22 bits per heavy atom. The molecule has 0 radical (unpaired) electrons. The van der Waals surface area contributed by atoms with Crippen molar-refractivity contribution in [2.75, 3.05) is 13.7 Å². The summed E-state index contributed by atoms with van der Waals surface area (Å²) in [6, 6.07) is 12.7. The molecule has 7 heteroatoms. The van der Waals surface area contributed by atoms with Gasteiger partial charge in [-0.2, -0.15) is 4.99 Å². The minimum Gasteiger partial charge on any atom is -0.491 e. The molecule has 0 bridgehead atoms. The number of aromatic nitrogens is 1. The lowest BCUT2D eigenvalue weighted by Crippen LogP contribution is -2.19. The summed E-state index contributed by atoms with van der Waals surface area (Å²) in [5, 5.41) is 0.654. The second-order valence-electron chi connectivity index (χ2n) is 6.25. The number of hydrogen-bond acceptors (Lipinski definition) is 4. The number of benzene rings is 2. The van der Waals surface area contributed by atoms with Gasteiger partial charge in [0.25, 0.3) is 5.91 Å². The Hall–Kier alpha value is -2.15. The molecule has 1 amide bonds. The molecule has 2 aromatic carbocycles. The summed E-state index contributed by atoms with van der Waals surface area (Å²) in [6.07, 6.45) is 0.0846. The van der Waals surface area contributed by atoms with Crippen molar-refractivity contribution in [2.24, 2.45) is 4.99 Å². The Labute approximate surface area is 166 Å². The third kappa shape index (κ3) is 4.77. The van der Waals surface area contributed by atoms with E-state index in [1.807, 2.05) is 36.6 Å². The Kier molecular flexibility index (Phi) is 6.31. The number of hydrogen-bond donors (Lipinski definition) is 0. The minimum atomic E-state index is -0.296. The third-order valence-corrected chi connectivity index (χ3v) is 5.11. The number of rotatable bonds is 6. The van der Waals surface area contributed by atoms with Crippen LogP contribution in [0.25, 0.3) is 10.2 Å². The van der Waals surface area contributed by atoms with Gasteiger partial charge in [0.05, 0.1) is 22.9 Å². The maximum absolute atomic E-state index is 12.6. The van der Waals surface area contributed by atoms with Crippen LogP contribution in [0.4, 0.5) is 0 Å². The molecule has 0 fully saturated rings. The second kappa shape index (κ2) is 8.69. The van der Waals surface area contributed by atoms with Gasteiger partial charge >= 0.3 is 0 Å². The van der Waals surface area contributed by atoms with Crippen LogP contribution in [0, 0.1) is 0 Å². The minimum absolute atomic E-state index is 0.0846. The number of nitrogens with zero attached hydrogens (tertiary/aromatic N) is 2. The van der Waals surface area contributed by atoms with E-state index < -0.39 is 0 Å². The fourth-order valence-electron chi connectivity index (χ4n) is 2.63. The van der Waals surface area contributed by atoms with Crippen molar-refractivity contribution in [2.45, 2.75) is 26.5 Å². The fourth-order valence-corrected chi connectivity index (χ4v) is 3.96. The zero-order valence-electron chi connectivity index (χ0n) is 15.4. The lowest BCUT2D eigenvalue weighted by molar-refractivity contribution is 0.0997. The monoisotopic (exact) mass is 404 g/mol. The van der Waals surface area contributed by atoms with Crippen LogP contribution in [-0.2, 0) is 11.3 Å². The normalized spacial score (nSPS) is 12.1. The molecule has 5 nitrogen and oxygen atoms in total. The summed E-state index contributed by atoms with van der Waals surface area (Å²) in [5.74, 6) is 0.433. The van der Waals surface area contributed by atoms with Crippen LogP contribution >= 0.6 is 22.9 Å². The first-order valence-electron chi connectivity index (χ1n) is 8.61. The van der Waals surface area contributed by atoms with Crippen LogP contribution in [0.1, 0.15) is 24.2 Å². The molecule has 1 aromatic heterocycles. The van der Waals surface area contributed by atoms with Crippen molar-refractivity contribution < 1.29 is 14.3 Å². The molecule has 142 valence electrons. The first-order valence-corrected chi connectivity index (χ1v) is 9.81. The molecule has 0 saturated heterocycles.